The highest BCUT2D eigenvalue weighted by Crippen LogP contribution is 2.25. The van der Waals surface area contributed by atoms with Crippen molar-refractivity contribution in [1.82, 2.24) is 15.2 Å². The van der Waals surface area contributed by atoms with Gasteiger partial charge in [0, 0.05) is 17.5 Å². The molecule has 2 atom stereocenters. The minimum Gasteiger partial charge on any atom is -0.455 e. The fraction of sp³-hybridized carbons (Fsp3) is 0.462. The first-order chi connectivity index (χ1) is 15.7. The summed E-state index contributed by atoms with van der Waals surface area (Å²) in [6, 6.07) is 13.9. The van der Waals surface area contributed by atoms with Crippen molar-refractivity contribution in [2.75, 3.05) is 26.3 Å². The molecule has 6 nitrogen and oxygen atoms in total. The van der Waals surface area contributed by atoms with Crippen molar-refractivity contribution in [3.63, 3.8) is 0 Å². The van der Waals surface area contributed by atoms with Crippen LogP contribution < -0.4 is 5.32 Å². The zero-order valence-corrected chi connectivity index (χ0v) is 18.6. The molecule has 0 spiro atoms. The molecule has 1 aromatic carbocycles. The minimum atomic E-state index is -0.163. The molecule has 0 saturated carbocycles. The van der Waals surface area contributed by atoms with Crippen LogP contribution in [0.3, 0.4) is 0 Å². The first-order valence-corrected chi connectivity index (χ1v) is 11.7. The molecule has 3 aromatic rings. The topological polar surface area (TPSA) is 67.6 Å². The summed E-state index contributed by atoms with van der Waals surface area (Å²) < 4.78 is 11.6. The summed E-state index contributed by atoms with van der Waals surface area (Å²) in [5.41, 5.74) is 2.23. The molecule has 4 heterocycles. The number of hydrogen-bond donors (Lipinski definition) is 1. The Labute approximate surface area is 189 Å². The van der Waals surface area contributed by atoms with Crippen molar-refractivity contribution in [2.45, 2.75) is 38.8 Å². The van der Waals surface area contributed by atoms with E-state index in [2.05, 4.69) is 34.3 Å². The molecule has 0 unspecified atom stereocenters. The highest BCUT2D eigenvalue weighted by Gasteiger charge is 2.31. The van der Waals surface area contributed by atoms with E-state index < -0.39 is 0 Å². The Balaban J connectivity index is 1.21. The second-order valence-corrected chi connectivity index (χ2v) is 9.29. The molecule has 2 aromatic heterocycles. The van der Waals surface area contributed by atoms with Gasteiger partial charge in [-0.15, -0.1) is 0 Å². The summed E-state index contributed by atoms with van der Waals surface area (Å²) in [5, 5.41) is 4.31. The summed E-state index contributed by atoms with van der Waals surface area (Å²) in [4.78, 5) is 19.7. The van der Waals surface area contributed by atoms with Crippen LogP contribution in [0.15, 0.2) is 53.1 Å². The Kier molecular flexibility index (Phi) is 6.23. The Morgan fingerprint density at radius 1 is 1.12 bits per heavy atom. The quantitative estimate of drug-likeness (QED) is 0.635. The van der Waals surface area contributed by atoms with Gasteiger partial charge in [0.25, 0.3) is 5.91 Å². The third-order valence-electron chi connectivity index (χ3n) is 6.88. The molecule has 0 bridgehead atoms. The van der Waals surface area contributed by atoms with Crippen LogP contribution in [0.25, 0.3) is 10.9 Å². The number of aromatic nitrogens is 1. The van der Waals surface area contributed by atoms with Crippen molar-refractivity contribution in [3.05, 3.63) is 65.7 Å². The van der Waals surface area contributed by atoms with Gasteiger partial charge >= 0.3 is 0 Å². The van der Waals surface area contributed by atoms with Crippen molar-refractivity contribution in [3.8, 4) is 0 Å². The zero-order valence-electron chi connectivity index (χ0n) is 18.6. The Hall–Kier alpha value is -2.70. The molecule has 2 fully saturated rings. The van der Waals surface area contributed by atoms with E-state index >= 15 is 0 Å². The number of carbonyl (C=O) groups excluding carboxylic acids is 1. The number of piperidine rings is 1. The Morgan fingerprint density at radius 2 is 1.97 bits per heavy atom. The standard InChI is InChI=1S/C26H31N3O3/c1-18-9-12-29(13-10-18)15-21-6-7-25(32-21)26(30)28-24-17-31-16-20(24)14-19-8-11-27-23-5-3-2-4-22(19)23/h2-8,11,18,20,24H,9-10,12-17H2,1H3,(H,28,30)/t20-,24+/m1/s1. The number of furan rings is 1. The first-order valence-electron chi connectivity index (χ1n) is 11.7. The number of hydrogen-bond acceptors (Lipinski definition) is 5. The summed E-state index contributed by atoms with van der Waals surface area (Å²) in [6.07, 6.45) is 5.15. The van der Waals surface area contributed by atoms with E-state index in [1.807, 2.05) is 30.5 Å². The Morgan fingerprint density at radius 3 is 2.84 bits per heavy atom. The smallest absolute Gasteiger partial charge is 0.287 e. The highest BCUT2D eigenvalue weighted by molar-refractivity contribution is 5.91. The van der Waals surface area contributed by atoms with Crippen LogP contribution >= 0.6 is 0 Å². The summed E-state index contributed by atoms with van der Waals surface area (Å²) in [6.45, 7) is 6.42. The van der Waals surface area contributed by atoms with Crippen molar-refractivity contribution >= 4 is 16.8 Å². The molecule has 32 heavy (non-hydrogen) atoms. The number of rotatable bonds is 6. The van der Waals surface area contributed by atoms with E-state index in [-0.39, 0.29) is 17.9 Å². The van der Waals surface area contributed by atoms with Crippen LogP contribution in [0.1, 0.15) is 41.6 Å². The van der Waals surface area contributed by atoms with Gasteiger partial charge in [0.15, 0.2) is 5.76 Å². The lowest BCUT2D eigenvalue weighted by atomic mass is 9.93. The SMILES string of the molecule is CC1CCN(Cc2ccc(C(=O)N[C@H]3COC[C@H]3Cc3ccnc4ccccc34)o2)CC1. The Bertz CT molecular complexity index is 1070. The van der Waals surface area contributed by atoms with Gasteiger partial charge in [0.1, 0.15) is 5.76 Å². The number of pyridine rings is 1. The number of likely N-dealkylation sites (tertiary alicyclic amines) is 1. The minimum absolute atomic E-state index is 0.0356. The number of nitrogens with one attached hydrogen (secondary N) is 1. The first kappa shape index (κ1) is 21.2. The number of amides is 1. The molecular weight excluding hydrogens is 402 g/mol. The van der Waals surface area contributed by atoms with Gasteiger partial charge < -0.3 is 14.5 Å². The van der Waals surface area contributed by atoms with E-state index in [4.69, 9.17) is 9.15 Å². The molecule has 1 amide bonds. The number of nitrogens with zero attached hydrogens (tertiary/aromatic N) is 2. The van der Waals surface area contributed by atoms with Gasteiger partial charge in [0.2, 0.25) is 0 Å². The fourth-order valence-electron chi connectivity index (χ4n) is 4.84. The lowest BCUT2D eigenvalue weighted by Crippen LogP contribution is -2.40. The van der Waals surface area contributed by atoms with Gasteiger partial charge in [-0.2, -0.15) is 0 Å². The predicted molar refractivity (Wildman–Crippen MR) is 123 cm³/mol. The third kappa shape index (κ3) is 4.71. The summed E-state index contributed by atoms with van der Waals surface area (Å²) >= 11 is 0. The maximum absolute atomic E-state index is 12.9. The fourth-order valence-corrected chi connectivity index (χ4v) is 4.84. The molecular formula is C26H31N3O3. The largest absolute Gasteiger partial charge is 0.455 e. The normalized spacial score (nSPS) is 22.4. The monoisotopic (exact) mass is 433 g/mol. The van der Waals surface area contributed by atoms with Crippen LogP contribution in [-0.4, -0.2) is 48.1 Å². The number of ether oxygens (including phenoxy) is 1. The van der Waals surface area contributed by atoms with E-state index in [1.54, 1.807) is 6.07 Å². The van der Waals surface area contributed by atoms with E-state index in [0.717, 1.165) is 48.6 Å². The average molecular weight is 434 g/mol. The van der Waals surface area contributed by atoms with Crippen LogP contribution in [-0.2, 0) is 17.7 Å². The second-order valence-electron chi connectivity index (χ2n) is 9.29. The molecule has 5 rings (SSSR count). The van der Waals surface area contributed by atoms with E-state index in [1.165, 1.54) is 18.4 Å². The molecule has 168 valence electrons. The zero-order chi connectivity index (χ0) is 21.9. The second kappa shape index (κ2) is 9.43. The van der Waals surface area contributed by atoms with Crippen molar-refractivity contribution < 1.29 is 13.9 Å². The molecule has 2 saturated heterocycles. The number of fused-ring (bicyclic) bond motifs is 1. The summed E-state index contributed by atoms with van der Waals surface area (Å²) in [5.74, 6) is 2.09. The average Bonchev–Trinajstić information content (AvgIpc) is 3.45. The van der Waals surface area contributed by atoms with Crippen LogP contribution in [0.5, 0.6) is 0 Å². The van der Waals surface area contributed by atoms with E-state index in [0.29, 0.717) is 19.0 Å². The predicted octanol–water partition coefficient (Wildman–Crippen LogP) is 4.05. The molecule has 2 aliphatic heterocycles. The van der Waals surface area contributed by atoms with Crippen LogP contribution in [0.2, 0.25) is 0 Å². The number of para-hydroxylation sites is 1. The van der Waals surface area contributed by atoms with Crippen LogP contribution in [0, 0.1) is 11.8 Å². The lowest BCUT2D eigenvalue weighted by Gasteiger charge is -2.29. The maximum Gasteiger partial charge on any atom is 0.287 e. The maximum atomic E-state index is 12.9. The highest BCUT2D eigenvalue weighted by atomic mass is 16.5. The number of benzene rings is 1. The number of carbonyl (C=O) groups is 1. The van der Waals surface area contributed by atoms with Crippen LogP contribution in [0.4, 0.5) is 0 Å². The van der Waals surface area contributed by atoms with Gasteiger partial charge in [-0.3, -0.25) is 14.7 Å². The van der Waals surface area contributed by atoms with Gasteiger partial charge in [-0.25, -0.2) is 0 Å². The lowest BCUT2D eigenvalue weighted by molar-refractivity contribution is 0.0891. The molecule has 0 aliphatic carbocycles. The molecule has 2 aliphatic rings. The van der Waals surface area contributed by atoms with Crippen molar-refractivity contribution in [1.29, 1.82) is 0 Å². The molecule has 0 radical (unpaired) electrons. The summed E-state index contributed by atoms with van der Waals surface area (Å²) in [7, 11) is 0. The van der Waals surface area contributed by atoms with E-state index in [9.17, 15) is 4.79 Å². The third-order valence-corrected chi connectivity index (χ3v) is 6.88. The van der Waals surface area contributed by atoms with Crippen molar-refractivity contribution in [2.24, 2.45) is 11.8 Å². The van der Waals surface area contributed by atoms with Gasteiger partial charge in [-0.1, -0.05) is 25.1 Å². The van der Waals surface area contributed by atoms with Gasteiger partial charge in [0.05, 0.1) is 31.3 Å². The molecule has 1 N–H and O–H groups in total. The van der Waals surface area contributed by atoms with Gasteiger partial charge in [-0.05, 0) is 68.1 Å². The molecule has 6 heteroatoms.